The quantitative estimate of drug-likeness (QED) is 0.827. The van der Waals surface area contributed by atoms with Gasteiger partial charge in [-0.15, -0.1) is 0 Å². The van der Waals surface area contributed by atoms with Crippen LogP contribution >= 0.6 is 0 Å². The van der Waals surface area contributed by atoms with E-state index in [1.807, 2.05) is 14.0 Å². The Balaban J connectivity index is 1.86. The Morgan fingerprint density at radius 2 is 1.74 bits per heavy atom. The van der Waals surface area contributed by atoms with Gasteiger partial charge in [-0.25, -0.2) is 8.42 Å². The van der Waals surface area contributed by atoms with Gasteiger partial charge < -0.3 is 9.80 Å². The van der Waals surface area contributed by atoms with Crippen molar-refractivity contribution in [1.82, 2.24) is 9.21 Å². The first-order valence-electron chi connectivity index (χ1n) is 7.99. The van der Waals surface area contributed by atoms with Gasteiger partial charge in [0.2, 0.25) is 15.9 Å². The zero-order valence-electron chi connectivity index (χ0n) is 13.7. The maximum absolute atomic E-state index is 12.8. The van der Waals surface area contributed by atoms with Crippen molar-refractivity contribution in [2.45, 2.75) is 24.7 Å². The molecule has 0 saturated carbocycles. The van der Waals surface area contributed by atoms with Crippen LogP contribution in [0.25, 0.3) is 0 Å². The number of amides is 1. The van der Waals surface area contributed by atoms with Crippen molar-refractivity contribution in [3.8, 4) is 0 Å². The highest BCUT2D eigenvalue weighted by Gasteiger charge is 2.29. The third-order valence-electron chi connectivity index (χ3n) is 4.63. The maximum atomic E-state index is 12.8. The molecule has 2 saturated heterocycles. The first-order valence-corrected chi connectivity index (χ1v) is 9.43. The molecule has 2 fully saturated rings. The number of nitrogens with zero attached hydrogens (tertiary/aromatic N) is 3. The molecule has 1 amide bonds. The Hall–Kier alpha value is -1.44. The fourth-order valence-electron chi connectivity index (χ4n) is 3.17. The van der Waals surface area contributed by atoms with Gasteiger partial charge in [-0.3, -0.25) is 4.79 Å². The topological polar surface area (TPSA) is 60.9 Å². The molecule has 2 aliphatic heterocycles. The number of hydrogen-bond acceptors (Lipinski definition) is 4. The fraction of sp³-hybridized carbons (Fsp3) is 0.562. The van der Waals surface area contributed by atoms with Crippen molar-refractivity contribution in [2.24, 2.45) is 0 Å². The molecular weight excluding hydrogens is 314 g/mol. The van der Waals surface area contributed by atoms with Gasteiger partial charge >= 0.3 is 0 Å². The summed E-state index contributed by atoms with van der Waals surface area (Å²) in [7, 11) is -1.46. The Kier molecular flexibility index (Phi) is 4.44. The highest BCUT2D eigenvalue weighted by atomic mass is 32.2. The van der Waals surface area contributed by atoms with Crippen molar-refractivity contribution in [3.05, 3.63) is 23.8 Å². The van der Waals surface area contributed by atoms with Crippen LogP contribution in [0.2, 0.25) is 0 Å². The van der Waals surface area contributed by atoms with Crippen molar-refractivity contribution in [3.63, 3.8) is 0 Å². The van der Waals surface area contributed by atoms with Crippen LogP contribution in [0.15, 0.2) is 23.1 Å². The summed E-state index contributed by atoms with van der Waals surface area (Å²) in [5.74, 6) is 0.114. The minimum Gasteiger partial charge on any atom is -0.312 e. The number of anilines is 1. The number of sulfonamides is 1. The molecule has 0 atom stereocenters. The average Bonchev–Trinajstić information content (AvgIpc) is 2.93. The SMILES string of the molecule is Cc1cc(S(=O)(=O)N2CCN(C)CC2)ccc1N1CCCC1=O. The van der Waals surface area contributed by atoms with E-state index in [-0.39, 0.29) is 5.91 Å². The number of likely N-dealkylation sites (N-methyl/N-ethyl adjacent to an activating group) is 1. The lowest BCUT2D eigenvalue weighted by atomic mass is 10.2. The normalized spacial score (nSPS) is 21.1. The van der Waals surface area contributed by atoms with Gasteiger partial charge in [0.05, 0.1) is 4.90 Å². The zero-order valence-corrected chi connectivity index (χ0v) is 14.5. The third kappa shape index (κ3) is 3.13. The molecular formula is C16H23N3O3S. The van der Waals surface area contributed by atoms with Gasteiger partial charge in [0.15, 0.2) is 0 Å². The molecule has 0 N–H and O–H groups in total. The molecule has 3 rings (SSSR count). The van der Waals surface area contributed by atoms with Crippen LogP contribution in [0.4, 0.5) is 5.69 Å². The zero-order chi connectivity index (χ0) is 16.6. The van der Waals surface area contributed by atoms with E-state index in [2.05, 4.69) is 4.90 Å². The fourth-order valence-corrected chi connectivity index (χ4v) is 4.68. The Morgan fingerprint density at radius 1 is 1.04 bits per heavy atom. The van der Waals surface area contributed by atoms with Crippen LogP contribution in [-0.4, -0.2) is 63.3 Å². The molecule has 126 valence electrons. The number of benzene rings is 1. The van der Waals surface area contributed by atoms with Crippen molar-refractivity contribution < 1.29 is 13.2 Å². The average molecular weight is 337 g/mol. The van der Waals surface area contributed by atoms with Crippen molar-refractivity contribution >= 4 is 21.6 Å². The Morgan fingerprint density at radius 3 is 2.30 bits per heavy atom. The molecule has 0 radical (unpaired) electrons. The van der Waals surface area contributed by atoms with Crippen LogP contribution in [0.3, 0.4) is 0 Å². The molecule has 0 spiro atoms. The summed E-state index contributed by atoms with van der Waals surface area (Å²) in [6.07, 6.45) is 1.43. The summed E-state index contributed by atoms with van der Waals surface area (Å²) in [6.45, 7) is 5.11. The number of aryl methyl sites for hydroxylation is 1. The van der Waals surface area contributed by atoms with Crippen molar-refractivity contribution in [1.29, 1.82) is 0 Å². The highest BCUT2D eigenvalue weighted by molar-refractivity contribution is 7.89. The lowest BCUT2D eigenvalue weighted by Gasteiger charge is -2.31. The standard InChI is InChI=1S/C16H23N3O3S/c1-13-12-14(5-6-15(13)19-7-3-4-16(19)20)23(21,22)18-10-8-17(2)9-11-18/h5-6,12H,3-4,7-11H2,1-2H3. The van der Waals surface area contributed by atoms with E-state index in [1.165, 1.54) is 0 Å². The maximum Gasteiger partial charge on any atom is 0.243 e. The first kappa shape index (κ1) is 16.4. The summed E-state index contributed by atoms with van der Waals surface area (Å²) in [5.41, 5.74) is 1.65. The molecule has 6 nitrogen and oxygen atoms in total. The molecule has 23 heavy (non-hydrogen) atoms. The van der Waals surface area contributed by atoms with E-state index >= 15 is 0 Å². The largest absolute Gasteiger partial charge is 0.312 e. The second-order valence-electron chi connectivity index (χ2n) is 6.30. The van der Waals surface area contributed by atoms with Crippen LogP contribution in [0, 0.1) is 6.92 Å². The van der Waals surface area contributed by atoms with Gasteiger partial charge in [0.1, 0.15) is 0 Å². The van der Waals surface area contributed by atoms with Gasteiger partial charge in [-0.05, 0) is 44.2 Å². The number of hydrogen-bond donors (Lipinski definition) is 0. The van der Waals surface area contributed by atoms with Crippen LogP contribution in [0.5, 0.6) is 0 Å². The number of carbonyl (C=O) groups is 1. The predicted octanol–water partition coefficient (Wildman–Crippen LogP) is 1.06. The summed E-state index contributed by atoms with van der Waals surface area (Å²) >= 11 is 0. The van der Waals surface area contributed by atoms with Gasteiger partial charge in [-0.1, -0.05) is 0 Å². The lowest BCUT2D eigenvalue weighted by molar-refractivity contribution is -0.117. The van der Waals surface area contributed by atoms with Gasteiger partial charge in [0.25, 0.3) is 0 Å². The van der Waals surface area contributed by atoms with Crippen LogP contribution in [-0.2, 0) is 14.8 Å². The molecule has 0 unspecified atom stereocenters. The minimum atomic E-state index is -3.46. The van der Waals surface area contributed by atoms with Gasteiger partial charge in [0, 0.05) is 44.8 Å². The third-order valence-corrected chi connectivity index (χ3v) is 6.53. The number of piperazine rings is 1. The van der Waals surface area contributed by atoms with E-state index in [9.17, 15) is 13.2 Å². The van der Waals surface area contributed by atoms with E-state index in [1.54, 1.807) is 27.4 Å². The van der Waals surface area contributed by atoms with Crippen LogP contribution in [0.1, 0.15) is 18.4 Å². The van der Waals surface area contributed by atoms with E-state index in [0.29, 0.717) is 31.0 Å². The second kappa shape index (κ2) is 6.22. The Labute approximate surface area is 137 Å². The summed E-state index contributed by atoms with van der Waals surface area (Å²) < 4.78 is 27.1. The minimum absolute atomic E-state index is 0.114. The number of rotatable bonds is 3. The van der Waals surface area contributed by atoms with Crippen LogP contribution < -0.4 is 4.90 Å². The van der Waals surface area contributed by atoms with Crippen molar-refractivity contribution in [2.75, 3.05) is 44.7 Å². The van der Waals surface area contributed by atoms with E-state index in [0.717, 1.165) is 30.8 Å². The Bertz CT molecular complexity index is 709. The smallest absolute Gasteiger partial charge is 0.243 e. The van der Waals surface area contributed by atoms with E-state index < -0.39 is 10.0 Å². The molecule has 1 aromatic rings. The molecule has 0 aliphatic carbocycles. The molecule has 7 heteroatoms. The molecule has 0 aromatic heterocycles. The monoisotopic (exact) mass is 337 g/mol. The molecule has 0 bridgehead atoms. The highest BCUT2D eigenvalue weighted by Crippen LogP contribution is 2.28. The second-order valence-corrected chi connectivity index (χ2v) is 8.24. The molecule has 1 aromatic carbocycles. The first-order chi connectivity index (χ1) is 10.9. The predicted molar refractivity (Wildman–Crippen MR) is 89.0 cm³/mol. The number of carbonyl (C=O) groups excluding carboxylic acids is 1. The summed E-state index contributed by atoms with van der Waals surface area (Å²) in [4.78, 5) is 16.1. The van der Waals surface area contributed by atoms with E-state index in [4.69, 9.17) is 0 Å². The molecule has 2 heterocycles. The summed E-state index contributed by atoms with van der Waals surface area (Å²) in [6, 6.07) is 5.08. The summed E-state index contributed by atoms with van der Waals surface area (Å²) in [5, 5.41) is 0. The lowest BCUT2D eigenvalue weighted by Crippen LogP contribution is -2.47. The molecule has 2 aliphatic rings. The van der Waals surface area contributed by atoms with Gasteiger partial charge in [-0.2, -0.15) is 4.31 Å².